The third kappa shape index (κ3) is 1.51. The Hall–Kier alpha value is -2.00. The highest BCUT2D eigenvalue weighted by Gasteiger charge is 2.34. The Labute approximate surface area is 93.1 Å². The summed E-state index contributed by atoms with van der Waals surface area (Å²) in [6.07, 6.45) is 0. The molecule has 5 nitrogen and oxygen atoms in total. The van der Waals surface area contributed by atoms with E-state index >= 15 is 0 Å². The molecule has 0 atom stereocenters. The molecule has 1 N–H and O–H groups in total. The predicted octanol–water partition coefficient (Wildman–Crippen LogP) is 2.54. The number of nitrogens with one attached hydrogen (secondary N) is 1. The lowest BCUT2D eigenvalue weighted by Gasteiger charge is -2.31. The molecular formula is C11H12N4O. The Kier molecular flexibility index (Phi) is 2.33. The van der Waals surface area contributed by atoms with Gasteiger partial charge < -0.3 is 5.32 Å². The minimum Gasteiger partial charge on any atom is -0.351 e. The number of rotatable bonds is 1. The van der Waals surface area contributed by atoms with Crippen LogP contribution in [0.2, 0.25) is 0 Å². The van der Waals surface area contributed by atoms with Gasteiger partial charge in [0.25, 0.3) is 0 Å². The van der Waals surface area contributed by atoms with Gasteiger partial charge in [-0.3, -0.25) is 4.79 Å². The van der Waals surface area contributed by atoms with E-state index in [1.54, 1.807) is 6.07 Å². The van der Waals surface area contributed by atoms with Crippen molar-refractivity contribution in [2.75, 3.05) is 0 Å². The number of hydrogen-bond donors (Lipinski definition) is 1. The highest BCUT2D eigenvalue weighted by Crippen LogP contribution is 2.32. The van der Waals surface area contributed by atoms with Gasteiger partial charge >= 0.3 is 0 Å². The van der Waals surface area contributed by atoms with E-state index in [-0.39, 0.29) is 5.91 Å². The van der Waals surface area contributed by atoms with Crippen molar-refractivity contribution >= 4 is 11.6 Å². The van der Waals surface area contributed by atoms with Gasteiger partial charge in [-0.05, 0) is 36.6 Å². The average molecular weight is 216 g/mol. The Balaban J connectivity index is 2.55. The lowest BCUT2D eigenvalue weighted by atomic mass is 9.78. The maximum atomic E-state index is 11.7. The molecule has 0 bridgehead atoms. The molecule has 0 saturated carbocycles. The van der Waals surface area contributed by atoms with Crippen molar-refractivity contribution in [1.82, 2.24) is 5.32 Å². The van der Waals surface area contributed by atoms with Gasteiger partial charge in [-0.1, -0.05) is 17.2 Å². The van der Waals surface area contributed by atoms with Crippen molar-refractivity contribution in [1.29, 1.82) is 0 Å². The Morgan fingerprint density at radius 1 is 1.50 bits per heavy atom. The SMILES string of the molecule is CC1(C)C(=O)NCc2cc(N=[N+]=[N-])ccc21. The summed E-state index contributed by atoms with van der Waals surface area (Å²) in [5.41, 5.74) is 10.4. The molecular weight excluding hydrogens is 204 g/mol. The second kappa shape index (κ2) is 3.54. The van der Waals surface area contributed by atoms with Gasteiger partial charge in [0.05, 0.1) is 5.41 Å². The Morgan fingerprint density at radius 2 is 2.25 bits per heavy atom. The van der Waals surface area contributed by atoms with Crippen LogP contribution in [0.1, 0.15) is 25.0 Å². The summed E-state index contributed by atoms with van der Waals surface area (Å²) in [6.45, 7) is 4.26. The lowest BCUT2D eigenvalue weighted by Crippen LogP contribution is -2.44. The smallest absolute Gasteiger partial charge is 0.230 e. The molecule has 0 radical (unpaired) electrons. The van der Waals surface area contributed by atoms with Crippen molar-refractivity contribution in [3.05, 3.63) is 39.8 Å². The lowest BCUT2D eigenvalue weighted by molar-refractivity contribution is -0.126. The largest absolute Gasteiger partial charge is 0.351 e. The number of azide groups is 1. The maximum Gasteiger partial charge on any atom is 0.230 e. The molecule has 0 saturated heterocycles. The molecule has 82 valence electrons. The molecule has 1 aliphatic rings. The van der Waals surface area contributed by atoms with Crippen LogP contribution in [-0.2, 0) is 16.8 Å². The zero-order valence-electron chi connectivity index (χ0n) is 9.19. The van der Waals surface area contributed by atoms with Crippen LogP contribution in [0.3, 0.4) is 0 Å². The standard InChI is InChI=1S/C11H12N4O/c1-11(2)9-4-3-8(14-15-12)5-7(9)6-13-10(11)16/h3-5H,6H2,1-2H3,(H,13,16). The second-order valence-electron chi connectivity index (χ2n) is 4.34. The first-order valence-corrected chi connectivity index (χ1v) is 5.02. The number of benzene rings is 1. The fourth-order valence-electron chi connectivity index (χ4n) is 1.97. The summed E-state index contributed by atoms with van der Waals surface area (Å²) in [5.74, 6) is 0.0246. The molecule has 16 heavy (non-hydrogen) atoms. The van der Waals surface area contributed by atoms with E-state index in [2.05, 4.69) is 15.3 Å². The van der Waals surface area contributed by atoms with Crippen LogP contribution in [0.25, 0.3) is 10.4 Å². The van der Waals surface area contributed by atoms with Crippen molar-refractivity contribution in [2.45, 2.75) is 25.8 Å². The molecule has 1 amide bonds. The van der Waals surface area contributed by atoms with Crippen molar-refractivity contribution in [3.63, 3.8) is 0 Å². The molecule has 5 heteroatoms. The van der Waals surface area contributed by atoms with Crippen LogP contribution in [0.5, 0.6) is 0 Å². The van der Waals surface area contributed by atoms with Crippen LogP contribution in [0.4, 0.5) is 5.69 Å². The van der Waals surface area contributed by atoms with Gasteiger partial charge in [0.15, 0.2) is 0 Å². The highest BCUT2D eigenvalue weighted by molar-refractivity contribution is 5.89. The molecule has 0 unspecified atom stereocenters. The predicted molar refractivity (Wildman–Crippen MR) is 60.1 cm³/mol. The molecule has 0 spiro atoms. The fraction of sp³-hybridized carbons (Fsp3) is 0.364. The summed E-state index contributed by atoms with van der Waals surface area (Å²) in [7, 11) is 0. The summed E-state index contributed by atoms with van der Waals surface area (Å²) >= 11 is 0. The van der Waals surface area contributed by atoms with Crippen molar-refractivity contribution in [3.8, 4) is 0 Å². The van der Waals surface area contributed by atoms with E-state index in [0.717, 1.165) is 11.1 Å². The Bertz CT molecular complexity index is 501. The first-order chi connectivity index (χ1) is 7.55. The van der Waals surface area contributed by atoms with Crippen molar-refractivity contribution < 1.29 is 4.79 Å². The number of hydrogen-bond acceptors (Lipinski definition) is 2. The highest BCUT2D eigenvalue weighted by atomic mass is 16.2. The van der Waals surface area contributed by atoms with Gasteiger partial charge in [0.2, 0.25) is 5.91 Å². The summed E-state index contributed by atoms with van der Waals surface area (Å²) in [4.78, 5) is 14.4. The van der Waals surface area contributed by atoms with E-state index < -0.39 is 5.41 Å². The molecule has 1 aliphatic heterocycles. The first-order valence-electron chi connectivity index (χ1n) is 5.02. The summed E-state index contributed by atoms with van der Waals surface area (Å²) in [6, 6.07) is 5.41. The van der Waals surface area contributed by atoms with E-state index in [4.69, 9.17) is 5.53 Å². The van der Waals surface area contributed by atoms with E-state index in [9.17, 15) is 4.79 Å². The maximum absolute atomic E-state index is 11.7. The molecule has 1 heterocycles. The van der Waals surface area contributed by atoms with Crippen LogP contribution in [-0.4, -0.2) is 5.91 Å². The number of amides is 1. The minimum atomic E-state index is -0.525. The molecule has 0 aliphatic carbocycles. The molecule has 2 rings (SSSR count). The number of carbonyl (C=O) groups excluding carboxylic acids is 1. The van der Waals surface area contributed by atoms with Gasteiger partial charge in [-0.25, -0.2) is 0 Å². The summed E-state index contributed by atoms with van der Waals surface area (Å²) < 4.78 is 0. The normalized spacial score (nSPS) is 17.0. The number of fused-ring (bicyclic) bond motifs is 1. The van der Waals surface area contributed by atoms with Gasteiger partial charge in [-0.15, -0.1) is 0 Å². The van der Waals surface area contributed by atoms with Crippen LogP contribution in [0, 0.1) is 0 Å². The molecule has 1 aromatic rings. The number of carbonyl (C=O) groups is 1. The monoisotopic (exact) mass is 216 g/mol. The molecule has 0 aromatic heterocycles. The zero-order valence-corrected chi connectivity index (χ0v) is 9.19. The number of nitrogens with zero attached hydrogens (tertiary/aromatic N) is 3. The quantitative estimate of drug-likeness (QED) is 0.437. The van der Waals surface area contributed by atoms with E-state index in [0.29, 0.717) is 12.2 Å². The average Bonchev–Trinajstić information content (AvgIpc) is 2.24. The first kappa shape index (κ1) is 10.5. The third-order valence-corrected chi connectivity index (χ3v) is 2.93. The molecule has 0 fully saturated rings. The third-order valence-electron chi connectivity index (χ3n) is 2.93. The van der Waals surface area contributed by atoms with Crippen LogP contribution >= 0.6 is 0 Å². The van der Waals surface area contributed by atoms with Crippen LogP contribution < -0.4 is 5.32 Å². The zero-order chi connectivity index (χ0) is 11.8. The fourth-order valence-corrected chi connectivity index (χ4v) is 1.97. The molecule has 1 aromatic carbocycles. The second-order valence-corrected chi connectivity index (χ2v) is 4.34. The van der Waals surface area contributed by atoms with Crippen molar-refractivity contribution in [2.24, 2.45) is 5.11 Å². The Morgan fingerprint density at radius 3 is 2.94 bits per heavy atom. The topological polar surface area (TPSA) is 77.9 Å². The minimum absolute atomic E-state index is 0.0246. The van der Waals surface area contributed by atoms with Gasteiger partial charge in [0, 0.05) is 17.1 Å². The van der Waals surface area contributed by atoms with E-state index in [1.807, 2.05) is 26.0 Å². The van der Waals surface area contributed by atoms with E-state index in [1.165, 1.54) is 0 Å². The summed E-state index contributed by atoms with van der Waals surface area (Å²) in [5, 5.41) is 6.37. The van der Waals surface area contributed by atoms with Gasteiger partial charge in [-0.2, -0.15) is 0 Å². The van der Waals surface area contributed by atoms with Gasteiger partial charge in [0.1, 0.15) is 0 Å². The van der Waals surface area contributed by atoms with Crippen LogP contribution in [0.15, 0.2) is 23.3 Å².